The van der Waals surface area contributed by atoms with Gasteiger partial charge in [-0.2, -0.15) is 0 Å². The van der Waals surface area contributed by atoms with E-state index in [1.165, 1.54) is 37.6 Å². The van der Waals surface area contributed by atoms with Crippen molar-refractivity contribution in [2.75, 3.05) is 0 Å². The average molecular weight is 300 g/mol. The lowest BCUT2D eigenvalue weighted by Crippen LogP contribution is -1.82. The van der Waals surface area contributed by atoms with E-state index < -0.39 is 0 Å². The fourth-order valence-corrected chi connectivity index (χ4v) is 3.90. The molecule has 2 aromatic heterocycles. The van der Waals surface area contributed by atoms with Crippen molar-refractivity contribution in [3.63, 3.8) is 0 Å². The molecule has 0 radical (unpaired) electrons. The lowest BCUT2D eigenvalue weighted by Gasteiger charge is -2.04. The SMILES string of the molecule is c1ccc2c(c1)[nH]c1c(-c3cccc4scnc34)cccc12. The molecule has 2 nitrogen and oxygen atoms in total. The largest absolute Gasteiger partial charge is 0.354 e. The molecule has 0 unspecified atom stereocenters. The fourth-order valence-electron chi connectivity index (χ4n) is 3.20. The Morgan fingerprint density at radius 1 is 0.773 bits per heavy atom. The zero-order valence-electron chi connectivity index (χ0n) is 11.7. The molecule has 3 aromatic carbocycles. The molecule has 0 amide bonds. The van der Waals surface area contributed by atoms with E-state index in [0.717, 1.165) is 5.52 Å². The number of H-pyrrole nitrogens is 1. The molecule has 0 saturated heterocycles. The lowest BCUT2D eigenvalue weighted by atomic mass is 10.0. The number of hydrogen-bond acceptors (Lipinski definition) is 2. The van der Waals surface area contributed by atoms with Crippen LogP contribution in [0.25, 0.3) is 43.1 Å². The van der Waals surface area contributed by atoms with E-state index in [4.69, 9.17) is 0 Å². The summed E-state index contributed by atoms with van der Waals surface area (Å²) < 4.78 is 1.23. The molecule has 0 aliphatic carbocycles. The molecule has 22 heavy (non-hydrogen) atoms. The maximum atomic E-state index is 4.56. The van der Waals surface area contributed by atoms with Crippen molar-refractivity contribution in [3.05, 3.63) is 66.2 Å². The van der Waals surface area contributed by atoms with E-state index >= 15 is 0 Å². The van der Waals surface area contributed by atoms with Crippen molar-refractivity contribution in [1.82, 2.24) is 9.97 Å². The monoisotopic (exact) mass is 300 g/mol. The van der Waals surface area contributed by atoms with E-state index in [0.29, 0.717) is 0 Å². The number of aromatic amines is 1. The number of nitrogens with zero attached hydrogens (tertiary/aromatic N) is 1. The maximum Gasteiger partial charge on any atom is 0.0891 e. The molecule has 0 fully saturated rings. The first-order valence-electron chi connectivity index (χ1n) is 7.24. The number of thiazole rings is 1. The zero-order valence-corrected chi connectivity index (χ0v) is 12.5. The third-order valence-electron chi connectivity index (χ3n) is 4.19. The van der Waals surface area contributed by atoms with Crippen molar-refractivity contribution in [1.29, 1.82) is 0 Å². The van der Waals surface area contributed by atoms with E-state index in [1.54, 1.807) is 11.3 Å². The topological polar surface area (TPSA) is 28.7 Å². The predicted octanol–water partition coefficient (Wildman–Crippen LogP) is 5.60. The van der Waals surface area contributed by atoms with Crippen molar-refractivity contribution < 1.29 is 0 Å². The summed E-state index contributed by atoms with van der Waals surface area (Å²) in [5, 5.41) is 2.53. The first kappa shape index (κ1) is 12.0. The van der Waals surface area contributed by atoms with Crippen LogP contribution >= 0.6 is 11.3 Å². The quantitative estimate of drug-likeness (QED) is 0.429. The van der Waals surface area contributed by atoms with Gasteiger partial charge in [0.25, 0.3) is 0 Å². The van der Waals surface area contributed by atoms with E-state index in [-0.39, 0.29) is 0 Å². The summed E-state index contributed by atoms with van der Waals surface area (Å²) in [6.45, 7) is 0. The van der Waals surface area contributed by atoms with Gasteiger partial charge in [-0.3, -0.25) is 0 Å². The summed E-state index contributed by atoms with van der Waals surface area (Å²) in [5.74, 6) is 0. The van der Waals surface area contributed by atoms with Gasteiger partial charge in [-0.1, -0.05) is 48.5 Å². The third kappa shape index (κ3) is 1.57. The molecule has 104 valence electrons. The van der Waals surface area contributed by atoms with Crippen molar-refractivity contribution in [3.8, 4) is 11.1 Å². The summed E-state index contributed by atoms with van der Waals surface area (Å²) in [6, 6.07) is 21.3. The molecule has 0 atom stereocenters. The van der Waals surface area contributed by atoms with Gasteiger partial charge in [-0.15, -0.1) is 11.3 Å². The summed E-state index contributed by atoms with van der Waals surface area (Å²) >= 11 is 1.69. The van der Waals surface area contributed by atoms with Crippen LogP contribution in [0.1, 0.15) is 0 Å². The number of nitrogens with one attached hydrogen (secondary N) is 1. The van der Waals surface area contributed by atoms with Crippen LogP contribution in [-0.2, 0) is 0 Å². The van der Waals surface area contributed by atoms with Crippen molar-refractivity contribution in [2.24, 2.45) is 0 Å². The Kier molecular flexibility index (Phi) is 2.40. The first-order chi connectivity index (χ1) is 10.9. The van der Waals surface area contributed by atoms with Gasteiger partial charge in [0.15, 0.2) is 0 Å². The molecule has 0 aliphatic rings. The Hall–Kier alpha value is -2.65. The van der Waals surface area contributed by atoms with Gasteiger partial charge in [0, 0.05) is 27.4 Å². The van der Waals surface area contributed by atoms with Gasteiger partial charge in [0.05, 0.1) is 21.2 Å². The average Bonchev–Trinajstić information content (AvgIpc) is 3.18. The highest BCUT2D eigenvalue weighted by Crippen LogP contribution is 2.36. The van der Waals surface area contributed by atoms with Gasteiger partial charge >= 0.3 is 0 Å². The van der Waals surface area contributed by atoms with Crippen LogP contribution in [0.5, 0.6) is 0 Å². The molecule has 3 heteroatoms. The molecule has 5 rings (SSSR count). The molecule has 1 N–H and O–H groups in total. The van der Waals surface area contributed by atoms with Crippen LogP contribution in [-0.4, -0.2) is 9.97 Å². The maximum absolute atomic E-state index is 4.56. The summed E-state index contributed by atoms with van der Waals surface area (Å²) in [4.78, 5) is 8.14. The van der Waals surface area contributed by atoms with Crippen LogP contribution in [0.4, 0.5) is 0 Å². The molecular formula is C19H12N2S. The minimum atomic E-state index is 1.08. The number of para-hydroxylation sites is 3. The zero-order chi connectivity index (χ0) is 14.5. The highest BCUT2D eigenvalue weighted by Gasteiger charge is 2.12. The standard InChI is InChI=1S/C19H12N2S/c1-2-9-16-12(5-1)13-6-3-7-14(18(13)21-16)15-8-4-10-17-19(15)20-11-22-17/h1-11,21H. The smallest absolute Gasteiger partial charge is 0.0891 e. The summed E-state index contributed by atoms with van der Waals surface area (Å²) in [5.41, 5.74) is 7.76. The fraction of sp³-hybridized carbons (Fsp3) is 0. The molecule has 0 bridgehead atoms. The van der Waals surface area contributed by atoms with Crippen LogP contribution in [0, 0.1) is 0 Å². The Morgan fingerprint density at radius 3 is 2.59 bits per heavy atom. The third-order valence-corrected chi connectivity index (χ3v) is 4.99. The van der Waals surface area contributed by atoms with Crippen LogP contribution in [0.2, 0.25) is 0 Å². The van der Waals surface area contributed by atoms with Crippen LogP contribution < -0.4 is 0 Å². The minimum absolute atomic E-state index is 1.08. The molecule has 0 spiro atoms. The van der Waals surface area contributed by atoms with Gasteiger partial charge in [0.1, 0.15) is 0 Å². The second-order valence-corrected chi connectivity index (χ2v) is 6.29. The van der Waals surface area contributed by atoms with Crippen LogP contribution in [0.3, 0.4) is 0 Å². The second kappa shape index (κ2) is 4.42. The molecule has 0 aliphatic heterocycles. The highest BCUT2D eigenvalue weighted by atomic mass is 32.1. The van der Waals surface area contributed by atoms with Crippen LogP contribution in [0.15, 0.2) is 66.2 Å². The number of aromatic nitrogens is 2. The van der Waals surface area contributed by atoms with E-state index in [2.05, 4.69) is 70.6 Å². The normalized spacial score (nSPS) is 11.6. The van der Waals surface area contributed by atoms with Crippen molar-refractivity contribution >= 4 is 43.4 Å². The molecular weight excluding hydrogens is 288 g/mol. The van der Waals surface area contributed by atoms with Gasteiger partial charge in [-0.25, -0.2) is 4.98 Å². The Bertz CT molecular complexity index is 1130. The lowest BCUT2D eigenvalue weighted by molar-refractivity contribution is 1.49. The van der Waals surface area contributed by atoms with Gasteiger partial charge < -0.3 is 4.98 Å². The molecule has 0 saturated carbocycles. The second-order valence-electron chi connectivity index (χ2n) is 5.40. The Balaban J connectivity index is 1.94. The number of hydrogen-bond donors (Lipinski definition) is 1. The summed E-state index contributed by atoms with van der Waals surface area (Å²) in [6.07, 6.45) is 0. The number of fused-ring (bicyclic) bond motifs is 4. The van der Waals surface area contributed by atoms with Gasteiger partial charge in [-0.05, 0) is 12.1 Å². The number of benzene rings is 3. The number of rotatable bonds is 1. The van der Waals surface area contributed by atoms with Crippen molar-refractivity contribution in [2.45, 2.75) is 0 Å². The highest BCUT2D eigenvalue weighted by molar-refractivity contribution is 7.16. The summed E-state index contributed by atoms with van der Waals surface area (Å²) in [7, 11) is 0. The molecule has 5 aromatic rings. The van der Waals surface area contributed by atoms with E-state index in [1.807, 2.05) is 5.51 Å². The minimum Gasteiger partial charge on any atom is -0.354 e. The Labute approximate surface area is 131 Å². The van der Waals surface area contributed by atoms with Gasteiger partial charge in [0.2, 0.25) is 0 Å². The molecule has 2 heterocycles. The van der Waals surface area contributed by atoms with E-state index in [9.17, 15) is 0 Å². The first-order valence-corrected chi connectivity index (χ1v) is 8.12. The predicted molar refractivity (Wildman–Crippen MR) is 94.4 cm³/mol. The Morgan fingerprint density at radius 2 is 1.59 bits per heavy atom.